The fraction of sp³-hybridized carbons (Fsp3) is 0.500. The zero-order valence-electron chi connectivity index (χ0n) is 12.6. The maximum atomic E-state index is 12.7. The number of likely N-dealkylation sites (tertiary alicyclic amines) is 1. The summed E-state index contributed by atoms with van der Waals surface area (Å²) < 4.78 is 0.980. The van der Waals surface area contributed by atoms with Gasteiger partial charge in [-0.3, -0.25) is 9.78 Å². The number of hydrogen-bond donors (Lipinski definition) is 1. The molecule has 2 N–H and O–H groups in total. The lowest BCUT2D eigenvalue weighted by Crippen LogP contribution is -2.41. The molecule has 3 heterocycles. The highest BCUT2D eigenvalue weighted by Gasteiger charge is 2.32. The lowest BCUT2D eigenvalue weighted by molar-refractivity contribution is 0.0606. The molecule has 0 saturated carbocycles. The summed E-state index contributed by atoms with van der Waals surface area (Å²) in [5.41, 5.74) is 7.15. The average Bonchev–Trinajstić information content (AvgIpc) is 2.85. The van der Waals surface area contributed by atoms with Crippen molar-refractivity contribution in [2.75, 3.05) is 18.8 Å². The maximum absolute atomic E-state index is 12.7. The van der Waals surface area contributed by atoms with Crippen LogP contribution in [0.1, 0.15) is 42.8 Å². The Morgan fingerprint density at radius 2 is 2.19 bits per heavy atom. The lowest BCUT2D eigenvalue weighted by Gasteiger charge is -2.38. The van der Waals surface area contributed by atoms with Gasteiger partial charge in [-0.15, -0.1) is 11.3 Å². The van der Waals surface area contributed by atoms with E-state index >= 15 is 0 Å². The van der Waals surface area contributed by atoms with Crippen LogP contribution in [0.15, 0.2) is 18.5 Å². The minimum Gasteiger partial charge on any atom is -0.397 e. The van der Waals surface area contributed by atoms with E-state index in [1.807, 2.05) is 11.0 Å². The summed E-state index contributed by atoms with van der Waals surface area (Å²) in [4.78, 5) is 19.4. The standard InChI is InChI=1S/C16H21N3OS/c1-3-16(2)5-8-19(9-6-16)15(20)14-13(17)11-4-7-18-10-12(11)21-14/h4,7,10H,3,5-6,8-9,17H2,1-2H3. The van der Waals surface area contributed by atoms with E-state index in [4.69, 9.17) is 5.73 Å². The van der Waals surface area contributed by atoms with Crippen LogP contribution in [-0.2, 0) is 0 Å². The van der Waals surface area contributed by atoms with Crippen molar-refractivity contribution in [3.05, 3.63) is 23.3 Å². The number of piperidine rings is 1. The molecular formula is C16H21N3OS. The Bertz CT molecular complexity index is 671. The number of nitrogens with two attached hydrogens (primary N) is 1. The van der Waals surface area contributed by atoms with Crippen molar-refractivity contribution in [2.24, 2.45) is 5.41 Å². The van der Waals surface area contributed by atoms with Crippen LogP contribution >= 0.6 is 11.3 Å². The van der Waals surface area contributed by atoms with E-state index in [0.29, 0.717) is 16.0 Å². The van der Waals surface area contributed by atoms with Gasteiger partial charge in [-0.25, -0.2) is 0 Å². The molecule has 0 unspecified atom stereocenters. The summed E-state index contributed by atoms with van der Waals surface area (Å²) in [5, 5.41) is 0.939. The van der Waals surface area contributed by atoms with Gasteiger partial charge in [-0.2, -0.15) is 0 Å². The van der Waals surface area contributed by atoms with Gasteiger partial charge < -0.3 is 10.6 Å². The summed E-state index contributed by atoms with van der Waals surface area (Å²) in [6.45, 7) is 6.20. The Balaban J connectivity index is 1.83. The summed E-state index contributed by atoms with van der Waals surface area (Å²) in [6, 6.07) is 1.88. The Kier molecular flexibility index (Phi) is 3.61. The molecule has 0 radical (unpaired) electrons. The normalized spacial score (nSPS) is 18.1. The second-order valence-electron chi connectivity index (χ2n) is 6.17. The van der Waals surface area contributed by atoms with Crippen molar-refractivity contribution in [1.82, 2.24) is 9.88 Å². The number of carbonyl (C=O) groups excluding carboxylic acids is 1. The number of hydrogen-bond acceptors (Lipinski definition) is 4. The van der Waals surface area contributed by atoms with Crippen LogP contribution in [0.2, 0.25) is 0 Å². The molecule has 4 nitrogen and oxygen atoms in total. The SMILES string of the molecule is CCC1(C)CCN(C(=O)c2sc3cnccc3c2N)CC1. The summed E-state index contributed by atoms with van der Waals surface area (Å²) >= 11 is 1.45. The van der Waals surface area contributed by atoms with Gasteiger partial charge in [0.05, 0.1) is 10.4 Å². The number of thiophene rings is 1. The Morgan fingerprint density at radius 1 is 1.48 bits per heavy atom. The molecule has 112 valence electrons. The highest BCUT2D eigenvalue weighted by Crippen LogP contribution is 2.37. The fourth-order valence-corrected chi connectivity index (χ4v) is 3.93. The first-order chi connectivity index (χ1) is 10.0. The first-order valence-electron chi connectivity index (χ1n) is 7.45. The fourth-order valence-electron chi connectivity index (χ4n) is 2.88. The molecule has 1 saturated heterocycles. The van der Waals surface area contributed by atoms with Gasteiger partial charge in [0, 0.05) is 30.9 Å². The molecular weight excluding hydrogens is 282 g/mol. The van der Waals surface area contributed by atoms with E-state index in [0.717, 1.165) is 36.0 Å². The van der Waals surface area contributed by atoms with Crippen molar-refractivity contribution in [3.63, 3.8) is 0 Å². The molecule has 2 aromatic rings. The number of nitrogen functional groups attached to an aromatic ring is 1. The molecule has 3 rings (SSSR count). The van der Waals surface area contributed by atoms with Gasteiger partial charge in [-0.05, 0) is 24.3 Å². The quantitative estimate of drug-likeness (QED) is 0.923. The molecule has 1 aliphatic rings. The molecule has 0 spiro atoms. The Hall–Kier alpha value is -1.62. The zero-order chi connectivity index (χ0) is 15.0. The highest BCUT2D eigenvalue weighted by atomic mass is 32.1. The van der Waals surface area contributed by atoms with Crippen LogP contribution in [0.5, 0.6) is 0 Å². The summed E-state index contributed by atoms with van der Waals surface area (Å²) in [7, 11) is 0. The van der Waals surface area contributed by atoms with Crippen molar-refractivity contribution in [3.8, 4) is 0 Å². The average molecular weight is 303 g/mol. The Labute approximate surface area is 129 Å². The summed E-state index contributed by atoms with van der Waals surface area (Å²) in [5.74, 6) is 0.0758. The molecule has 2 aromatic heterocycles. The molecule has 21 heavy (non-hydrogen) atoms. The first kappa shape index (κ1) is 14.3. The smallest absolute Gasteiger partial charge is 0.266 e. The van der Waals surface area contributed by atoms with Gasteiger partial charge in [0.15, 0.2) is 0 Å². The topological polar surface area (TPSA) is 59.2 Å². The van der Waals surface area contributed by atoms with E-state index in [2.05, 4.69) is 18.8 Å². The van der Waals surface area contributed by atoms with E-state index in [1.54, 1.807) is 12.4 Å². The van der Waals surface area contributed by atoms with Crippen LogP contribution < -0.4 is 5.73 Å². The second kappa shape index (κ2) is 5.30. The van der Waals surface area contributed by atoms with E-state index < -0.39 is 0 Å². The molecule has 1 amide bonds. The van der Waals surface area contributed by atoms with Crippen LogP contribution in [0.3, 0.4) is 0 Å². The predicted octanol–water partition coefficient (Wildman–Crippen LogP) is 3.53. The molecule has 0 atom stereocenters. The van der Waals surface area contributed by atoms with Crippen molar-refractivity contribution in [1.29, 1.82) is 0 Å². The zero-order valence-corrected chi connectivity index (χ0v) is 13.4. The van der Waals surface area contributed by atoms with Gasteiger partial charge in [0.1, 0.15) is 4.88 Å². The third-order valence-corrected chi connectivity index (χ3v) is 5.98. The largest absolute Gasteiger partial charge is 0.397 e. The number of aromatic nitrogens is 1. The highest BCUT2D eigenvalue weighted by molar-refractivity contribution is 7.21. The van der Waals surface area contributed by atoms with Crippen molar-refractivity contribution in [2.45, 2.75) is 33.1 Å². The van der Waals surface area contributed by atoms with Gasteiger partial charge in [0.25, 0.3) is 5.91 Å². The van der Waals surface area contributed by atoms with Gasteiger partial charge in [0.2, 0.25) is 0 Å². The van der Waals surface area contributed by atoms with Crippen molar-refractivity contribution >= 4 is 33.0 Å². The number of amides is 1. The number of anilines is 1. The molecule has 1 fully saturated rings. The monoisotopic (exact) mass is 303 g/mol. The van der Waals surface area contributed by atoms with Crippen LogP contribution in [-0.4, -0.2) is 28.9 Å². The minimum atomic E-state index is 0.0758. The first-order valence-corrected chi connectivity index (χ1v) is 8.27. The molecule has 0 aromatic carbocycles. The molecule has 5 heteroatoms. The molecule has 1 aliphatic heterocycles. The number of nitrogens with zero attached hydrogens (tertiary/aromatic N) is 2. The summed E-state index contributed by atoms with van der Waals surface area (Å²) in [6.07, 6.45) is 6.81. The Morgan fingerprint density at radius 3 is 2.81 bits per heavy atom. The van der Waals surface area contributed by atoms with Crippen LogP contribution in [0.25, 0.3) is 10.1 Å². The maximum Gasteiger partial charge on any atom is 0.266 e. The van der Waals surface area contributed by atoms with Crippen LogP contribution in [0.4, 0.5) is 5.69 Å². The number of rotatable bonds is 2. The van der Waals surface area contributed by atoms with E-state index in [-0.39, 0.29) is 5.91 Å². The predicted molar refractivity (Wildman–Crippen MR) is 87.6 cm³/mol. The number of fused-ring (bicyclic) bond motifs is 1. The van der Waals surface area contributed by atoms with E-state index in [9.17, 15) is 4.79 Å². The number of pyridine rings is 1. The van der Waals surface area contributed by atoms with Crippen molar-refractivity contribution < 1.29 is 4.79 Å². The van der Waals surface area contributed by atoms with Gasteiger partial charge >= 0.3 is 0 Å². The van der Waals surface area contributed by atoms with Crippen LogP contribution in [0, 0.1) is 5.41 Å². The third kappa shape index (κ3) is 2.50. The second-order valence-corrected chi connectivity index (χ2v) is 7.23. The molecule has 0 aliphatic carbocycles. The minimum absolute atomic E-state index is 0.0758. The number of carbonyl (C=O) groups is 1. The van der Waals surface area contributed by atoms with Gasteiger partial charge in [-0.1, -0.05) is 20.3 Å². The third-order valence-electron chi connectivity index (χ3n) is 4.84. The lowest BCUT2D eigenvalue weighted by atomic mass is 9.78. The molecule has 0 bridgehead atoms. The van der Waals surface area contributed by atoms with E-state index in [1.165, 1.54) is 17.8 Å².